The highest BCUT2D eigenvalue weighted by molar-refractivity contribution is 7.89. The summed E-state index contributed by atoms with van der Waals surface area (Å²) in [7, 11) is 1.19. The molecule has 1 heterocycles. The normalized spacial score (nSPS) is 12.3. The zero-order chi connectivity index (χ0) is 15.7. The number of carboxylic acids is 1. The highest BCUT2D eigenvalue weighted by Gasteiger charge is 2.33. The molecule has 1 aromatic heterocycles. The highest BCUT2D eigenvalue weighted by Crippen LogP contribution is 2.28. The van der Waals surface area contributed by atoms with Crippen molar-refractivity contribution < 1.29 is 22.7 Å². The molecule has 0 aromatic carbocycles. The van der Waals surface area contributed by atoms with Gasteiger partial charge in [-0.25, -0.2) is 13.2 Å². The summed E-state index contributed by atoms with van der Waals surface area (Å²) in [6, 6.07) is 0. The number of aromatic carboxylic acids is 1. The third kappa shape index (κ3) is 3.20. The third-order valence-corrected chi connectivity index (χ3v) is 4.96. The Labute approximate surface area is 118 Å². The van der Waals surface area contributed by atoms with Gasteiger partial charge in [0, 0.05) is 20.1 Å². The zero-order valence-electron chi connectivity index (χ0n) is 12.3. The van der Waals surface area contributed by atoms with Gasteiger partial charge >= 0.3 is 5.97 Å². The van der Waals surface area contributed by atoms with Gasteiger partial charge < -0.3 is 14.4 Å². The molecule has 0 spiro atoms. The summed E-state index contributed by atoms with van der Waals surface area (Å²) in [5, 5.41) is 9.17. The van der Waals surface area contributed by atoms with Crippen LogP contribution in [0.4, 0.5) is 0 Å². The molecule has 0 radical (unpaired) electrons. The molecule has 8 heteroatoms. The first-order chi connectivity index (χ1) is 9.09. The number of aryl methyl sites for hydroxylation is 2. The molecule has 0 aliphatic rings. The van der Waals surface area contributed by atoms with E-state index in [0.717, 1.165) is 4.31 Å². The molecule has 114 valence electrons. The number of rotatable bonds is 6. The molecular weight excluding hydrogens is 284 g/mol. The molecule has 0 aliphatic heterocycles. The van der Waals surface area contributed by atoms with E-state index in [9.17, 15) is 18.3 Å². The standard InChI is InChI=1S/C12H20N2O5S/c1-8-10(12(15)16)11(9(2)19-8)20(17,18)14(5)7-6-13(3)4/h6-7H2,1-5H3,(H,15,16). The van der Waals surface area contributed by atoms with E-state index in [0.29, 0.717) is 6.54 Å². The van der Waals surface area contributed by atoms with Crippen LogP contribution in [0, 0.1) is 13.8 Å². The van der Waals surface area contributed by atoms with E-state index in [-0.39, 0.29) is 28.5 Å². The van der Waals surface area contributed by atoms with Gasteiger partial charge in [-0.15, -0.1) is 0 Å². The summed E-state index contributed by atoms with van der Waals surface area (Å²) >= 11 is 0. The van der Waals surface area contributed by atoms with Gasteiger partial charge in [-0.1, -0.05) is 0 Å². The van der Waals surface area contributed by atoms with Crippen LogP contribution in [0.2, 0.25) is 0 Å². The summed E-state index contributed by atoms with van der Waals surface area (Å²) in [4.78, 5) is 12.8. The van der Waals surface area contributed by atoms with Crippen LogP contribution in [0.15, 0.2) is 9.31 Å². The first kappa shape index (κ1) is 16.7. The monoisotopic (exact) mass is 304 g/mol. The van der Waals surface area contributed by atoms with Crippen molar-refractivity contribution in [1.29, 1.82) is 0 Å². The SMILES string of the molecule is Cc1oc(C)c(S(=O)(=O)N(C)CCN(C)C)c1C(=O)O. The maximum atomic E-state index is 12.5. The molecule has 0 saturated heterocycles. The summed E-state index contributed by atoms with van der Waals surface area (Å²) in [5.41, 5.74) is -0.292. The minimum atomic E-state index is -3.89. The van der Waals surface area contributed by atoms with Crippen molar-refractivity contribution in [2.24, 2.45) is 0 Å². The lowest BCUT2D eigenvalue weighted by molar-refractivity contribution is 0.0691. The number of sulfonamides is 1. The van der Waals surface area contributed by atoms with Gasteiger partial charge in [0.25, 0.3) is 0 Å². The fourth-order valence-corrected chi connectivity index (χ4v) is 3.37. The second-order valence-corrected chi connectivity index (χ2v) is 6.84. The Morgan fingerprint density at radius 1 is 1.15 bits per heavy atom. The second kappa shape index (κ2) is 5.94. The molecule has 0 unspecified atom stereocenters. The second-order valence-electron chi connectivity index (χ2n) is 4.85. The lowest BCUT2D eigenvalue weighted by Crippen LogP contribution is -2.34. The lowest BCUT2D eigenvalue weighted by Gasteiger charge is -2.19. The first-order valence-corrected chi connectivity index (χ1v) is 7.47. The molecule has 20 heavy (non-hydrogen) atoms. The molecule has 0 saturated carbocycles. The van der Waals surface area contributed by atoms with Crippen LogP contribution >= 0.6 is 0 Å². The molecule has 1 N–H and O–H groups in total. The van der Waals surface area contributed by atoms with E-state index in [1.807, 2.05) is 19.0 Å². The number of likely N-dealkylation sites (N-methyl/N-ethyl adjacent to an activating group) is 2. The average molecular weight is 304 g/mol. The van der Waals surface area contributed by atoms with Crippen molar-refractivity contribution >= 4 is 16.0 Å². The van der Waals surface area contributed by atoms with Crippen LogP contribution in [-0.4, -0.2) is 62.9 Å². The van der Waals surface area contributed by atoms with Crippen LogP contribution in [0.1, 0.15) is 21.9 Å². The number of hydrogen-bond acceptors (Lipinski definition) is 5. The number of carboxylic acid groups (broad SMARTS) is 1. The third-order valence-electron chi connectivity index (χ3n) is 2.95. The molecule has 0 fully saturated rings. The van der Waals surface area contributed by atoms with Crippen molar-refractivity contribution in [3.8, 4) is 0 Å². The van der Waals surface area contributed by atoms with Gasteiger partial charge in [0.1, 0.15) is 22.0 Å². The first-order valence-electron chi connectivity index (χ1n) is 6.03. The summed E-state index contributed by atoms with van der Waals surface area (Å²) in [5.74, 6) is -1.12. The van der Waals surface area contributed by atoms with E-state index in [1.54, 1.807) is 0 Å². The molecule has 0 bridgehead atoms. The fraction of sp³-hybridized carbons (Fsp3) is 0.583. The van der Waals surface area contributed by atoms with E-state index >= 15 is 0 Å². The number of nitrogens with zero attached hydrogens (tertiary/aromatic N) is 2. The van der Waals surface area contributed by atoms with Crippen molar-refractivity contribution in [3.63, 3.8) is 0 Å². The van der Waals surface area contributed by atoms with Gasteiger partial charge in [0.2, 0.25) is 10.0 Å². The fourth-order valence-electron chi connectivity index (χ4n) is 1.84. The van der Waals surface area contributed by atoms with Crippen molar-refractivity contribution in [1.82, 2.24) is 9.21 Å². The van der Waals surface area contributed by atoms with Crippen LogP contribution in [0.25, 0.3) is 0 Å². The van der Waals surface area contributed by atoms with Crippen molar-refractivity contribution in [2.75, 3.05) is 34.2 Å². The Morgan fingerprint density at radius 3 is 2.15 bits per heavy atom. The van der Waals surface area contributed by atoms with E-state index in [1.165, 1.54) is 20.9 Å². The predicted molar refractivity (Wildman–Crippen MR) is 73.5 cm³/mol. The summed E-state index contributed by atoms with van der Waals surface area (Å²) in [6.45, 7) is 3.69. The molecular formula is C12H20N2O5S. The van der Waals surface area contributed by atoms with Crippen LogP contribution in [-0.2, 0) is 10.0 Å². The minimum absolute atomic E-state index is 0.0922. The van der Waals surface area contributed by atoms with Gasteiger partial charge in [-0.2, -0.15) is 4.31 Å². The Morgan fingerprint density at radius 2 is 1.70 bits per heavy atom. The van der Waals surface area contributed by atoms with Gasteiger partial charge in [0.15, 0.2) is 0 Å². The minimum Gasteiger partial charge on any atom is -0.478 e. The van der Waals surface area contributed by atoms with Crippen LogP contribution < -0.4 is 0 Å². The Balaban J connectivity index is 3.25. The molecule has 7 nitrogen and oxygen atoms in total. The number of furan rings is 1. The number of carbonyl (C=O) groups is 1. The molecule has 1 aromatic rings. The molecule has 1 rings (SSSR count). The predicted octanol–water partition coefficient (Wildman–Crippen LogP) is 0.777. The maximum absolute atomic E-state index is 12.5. The molecule has 0 amide bonds. The Hall–Kier alpha value is -1.38. The Kier molecular flexibility index (Phi) is 4.95. The Bertz CT molecular complexity index is 604. The van der Waals surface area contributed by atoms with Gasteiger partial charge in [-0.3, -0.25) is 0 Å². The average Bonchev–Trinajstić information content (AvgIpc) is 2.61. The quantitative estimate of drug-likeness (QED) is 0.835. The van der Waals surface area contributed by atoms with Gasteiger partial charge in [-0.05, 0) is 27.9 Å². The van der Waals surface area contributed by atoms with E-state index in [2.05, 4.69) is 0 Å². The summed E-state index contributed by atoms with van der Waals surface area (Å²) in [6.07, 6.45) is 0. The largest absolute Gasteiger partial charge is 0.478 e. The zero-order valence-corrected chi connectivity index (χ0v) is 13.1. The molecule has 0 aliphatic carbocycles. The van der Waals surface area contributed by atoms with Crippen molar-refractivity contribution in [2.45, 2.75) is 18.7 Å². The lowest BCUT2D eigenvalue weighted by atomic mass is 10.2. The topological polar surface area (TPSA) is 91.1 Å². The van der Waals surface area contributed by atoms with Crippen LogP contribution in [0.5, 0.6) is 0 Å². The molecule has 0 atom stereocenters. The summed E-state index contributed by atoms with van der Waals surface area (Å²) < 4.78 is 31.3. The van der Waals surface area contributed by atoms with Crippen molar-refractivity contribution in [3.05, 3.63) is 17.1 Å². The van der Waals surface area contributed by atoms with E-state index < -0.39 is 16.0 Å². The van der Waals surface area contributed by atoms with Gasteiger partial charge in [0.05, 0.1) is 0 Å². The highest BCUT2D eigenvalue weighted by atomic mass is 32.2. The smallest absolute Gasteiger partial charge is 0.340 e. The maximum Gasteiger partial charge on any atom is 0.340 e. The van der Waals surface area contributed by atoms with Crippen LogP contribution in [0.3, 0.4) is 0 Å². The van der Waals surface area contributed by atoms with E-state index in [4.69, 9.17) is 4.42 Å². The number of hydrogen-bond donors (Lipinski definition) is 1.